The first kappa shape index (κ1) is 15.8. The van der Waals surface area contributed by atoms with Crippen molar-refractivity contribution in [1.82, 2.24) is 4.90 Å². The summed E-state index contributed by atoms with van der Waals surface area (Å²) in [6.45, 7) is 6.52. The number of phenols is 1. The summed E-state index contributed by atoms with van der Waals surface area (Å²) < 4.78 is 11.0. The van der Waals surface area contributed by atoms with E-state index in [1.165, 1.54) is 6.07 Å². The summed E-state index contributed by atoms with van der Waals surface area (Å²) in [6.07, 6.45) is 0.194. The summed E-state index contributed by atoms with van der Waals surface area (Å²) in [4.78, 5) is 13.6. The van der Waals surface area contributed by atoms with Gasteiger partial charge in [-0.3, -0.25) is 0 Å². The number of aromatic hydroxyl groups is 1. The number of amides is 1. The smallest absolute Gasteiger partial charge is 0.410 e. The molecule has 1 aromatic rings. The molecule has 0 aliphatic carbocycles. The predicted molar refractivity (Wildman–Crippen MR) is 80.0 cm³/mol. The molecule has 1 heterocycles. The summed E-state index contributed by atoms with van der Waals surface area (Å²) in [6, 6.07) is 4.70. The lowest BCUT2D eigenvalue weighted by Crippen LogP contribution is -2.36. The highest BCUT2D eigenvalue weighted by molar-refractivity contribution is 6.30. The molecular formula is C15H20ClNO4. The minimum Gasteiger partial charge on any atom is -0.504 e. The van der Waals surface area contributed by atoms with Crippen molar-refractivity contribution in [3.05, 3.63) is 23.2 Å². The number of carbonyl (C=O) groups excluding carboxylic acids is 1. The third-order valence-corrected chi connectivity index (χ3v) is 3.25. The Balaban J connectivity index is 1.92. The molecule has 5 nitrogen and oxygen atoms in total. The van der Waals surface area contributed by atoms with Gasteiger partial charge >= 0.3 is 6.09 Å². The van der Waals surface area contributed by atoms with Crippen molar-refractivity contribution in [2.45, 2.75) is 38.9 Å². The largest absolute Gasteiger partial charge is 0.504 e. The monoisotopic (exact) mass is 313 g/mol. The van der Waals surface area contributed by atoms with Crippen molar-refractivity contribution in [2.75, 3.05) is 13.1 Å². The minimum absolute atomic E-state index is 0.00165. The maximum atomic E-state index is 12.0. The SMILES string of the molecule is CC(C)(C)OC(=O)N1CC[C@H](Oc2ccc(Cl)cc2O)C1. The number of ether oxygens (including phenoxy) is 2. The normalized spacial score (nSPS) is 18.7. The summed E-state index contributed by atoms with van der Waals surface area (Å²) in [7, 11) is 0. The zero-order valence-corrected chi connectivity index (χ0v) is 13.2. The molecule has 0 unspecified atom stereocenters. The standard InChI is InChI=1S/C15H20ClNO4/c1-15(2,3)21-14(19)17-7-6-11(9-17)20-13-5-4-10(16)8-12(13)18/h4-5,8,11,18H,6-7,9H2,1-3H3/t11-/m0/s1. The average molecular weight is 314 g/mol. The van der Waals surface area contributed by atoms with Crippen molar-refractivity contribution >= 4 is 17.7 Å². The van der Waals surface area contributed by atoms with E-state index in [2.05, 4.69) is 0 Å². The Morgan fingerprint density at radius 3 is 2.76 bits per heavy atom. The van der Waals surface area contributed by atoms with Crippen LogP contribution in [0.4, 0.5) is 4.79 Å². The van der Waals surface area contributed by atoms with E-state index in [9.17, 15) is 9.90 Å². The summed E-state index contributed by atoms with van der Waals surface area (Å²) in [5.41, 5.74) is -0.509. The Morgan fingerprint density at radius 1 is 1.43 bits per heavy atom. The molecule has 0 radical (unpaired) electrons. The third kappa shape index (κ3) is 4.43. The molecule has 1 aliphatic heterocycles. The number of likely N-dealkylation sites (tertiary alicyclic amines) is 1. The first-order valence-electron chi connectivity index (χ1n) is 6.88. The molecule has 1 atom stereocenters. The number of carbonyl (C=O) groups is 1. The molecule has 116 valence electrons. The van der Waals surface area contributed by atoms with Crippen LogP contribution in [0.2, 0.25) is 5.02 Å². The fraction of sp³-hybridized carbons (Fsp3) is 0.533. The molecule has 1 fully saturated rings. The first-order chi connectivity index (χ1) is 9.74. The zero-order chi connectivity index (χ0) is 15.6. The van der Waals surface area contributed by atoms with Gasteiger partial charge in [-0.1, -0.05) is 11.6 Å². The van der Waals surface area contributed by atoms with Crippen LogP contribution in [0.5, 0.6) is 11.5 Å². The average Bonchev–Trinajstić information content (AvgIpc) is 2.79. The molecule has 6 heteroatoms. The molecule has 0 bridgehead atoms. The maximum Gasteiger partial charge on any atom is 0.410 e. The molecule has 0 saturated carbocycles. The van der Waals surface area contributed by atoms with Crippen LogP contribution in [0.25, 0.3) is 0 Å². The van der Waals surface area contributed by atoms with Crippen LogP contribution < -0.4 is 4.74 Å². The molecule has 1 N–H and O–H groups in total. The van der Waals surface area contributed by atoms with Crippen molar-refractivity contribution in [1.29, 1.82) is 0 Å². The summed E-state index contributed by atoms with van der Waals surface area (Å²) >= 11 is 5.77. The number of rotatable bonds is 2. The molecule has 1 amide bonds. The van der Waals surface area contributed by atoms with E-state index in [1.54, 1.807) is 17.0 Å². The molecule has 2 rings (SSSR count). The molecule has 21 heavy (non-hydrogen) atoms. The summed E-state index contributed by atoms with van der Waals surface area (Å²) in [5, 5.41) is 10.2. The van der Waals surface area contributed by atoms with Crippen molar-refractivity contribution < 1.29 is 19.4 Å². The van der Waals surface area contributed by atoms with Gasteiger partial charge in [-0.05, 0) is 32.9 Å². The van der Waals surface area contributed by atoms with Crippen molar-refractivity contribution in [3.8, 4) is 11.5 Å². The molecule has 1 aromatic carbocycles. The van der Waals surface area contributed by atoms with Gasteiger partial charge in [0.25, 0.3) is 0 Å². The Bertz CT molecular complexity index is 527. The van der Waals surface area contributed by atoms with Crippen LogP contribution in [0, 0.1) is 0 Å². The number of hydrogen-bond acceptors (Lipinski definition) is 4. The van der Waals surface area contributed by atoms with Crippen LogP contribution in [-0.4, -0.2) is 40.9 Å². The molecule has 0 aromatic heterocycles. The number of benzene rings is 1. The number of hydrogen-bond donors (Lipinski definition) is 1. The van der Waals surface area contributed by atoms with Gasteiger partial charge in [-0.15, -0.1) is 0 Å². The van der Waals surface area contributed by atoms with E-state index in [-0.39, 0.29) is 17.9 Å². The fourth-order valence-corrected chi connectivity index (χ4v) is 2.25. The van der Waals surface area contributed by atoms with E-state index in [0.29, 0.717) is 30.3 Å². The Hall–Kier alpha value is -1.62. The summed E-state index contributed by atoms with van der Waals surface area (Å²) in [5.74, 6) is 0.369. The van der Waals surface area contributed by atoms with E-state index in [0.717, 1.165) is 0 Å². The maximum absolute atomic E-state index is 12.0. The van der Waals surface area contributed by atoms with Crippen LogP contribution >= 0.6 is 11.6 Å². The molecule has 1 saturated heterocycles. The highest BCUT2D eigenvalue weighted by Crippen LogP contribution is 2.31. The lowest BCUT2D eigenvalue weighted by molar-refractivity contribution is 0.0275. The fourth-order valence-electron chi connectivity index (χ4n) is 2.09. The third-order valence-electron chi connectivity index (χ3n) is 3.01. The highest BCUT2D eigenvalue weighted by Gasteiger charge is 2.31. The lowest BCUT2D eigenvalue weighted by Gasteiger charge is -2.24. The predicted octanol–water partition coefficient (Wildman–Crippen LogP) is 3.43. The molecular weight excluding hydrogens is 294 g/mol. The molecule has 1 aliphatic rings. The highest BCUT2D eigenvalue weighted by atomic mass is 35.5. The Morgan fingerprint density at radius 2 is 2.14 bits per heavy atom. The second-order valence-corrected chi connectivity index (χ2v) is 6.50. The first-order valence-corrected chi connectivity index (χ1v) is 7.25. The van der Waals surface area contributed by atoms with Crippen molar-refractivity contribution in [3.63, 3.8) is 0 Å². The van der Waals surface area contributed by atoms with E-state index < -0.39 is 5.60 Å². The van der Waals surface area contributed by atoms with Gasteiger partial charge < -0.3 is 19.5 Å². The topological polar surface area (TPSA) is 59.0 Å². The van der Waals surface area contributed by atoms with E-state index in [1.807, 2.05) is 20.8 Å². The van der Waals surface area contributed by atoms with E-state index >= 15 is 0 Å². The van der Waals surface area contributed by atoms with Gasteiger partial charge in [0.1, 0.15) is 11.7 Å². The molecule has 0 spiro atoms. The Labute approximate surface area is 129 Å². The van der Waals surface area contributed by atoms with Crippen LogP contribution in [0.1, 0.15) is 27.2 Å². The van der Waals surface area contributed by atoms with Gasteiger partial charge in [0.05, 0.1) is 6.54 Å². The second-order valence-electron chi connectivity index (χ2n) is 6.07. The van der Waals surface area contributed by atoms with Crippen molar-refractivity contribution in [2.24, 2.45) is 0 Å². The van der Waals surface area contributed by atoms with Crippen LogP contribution in [0.15, 0.2) is 18.2 Å². The van der Waals surface area contributed by atoms with Gasteiger partial charge in [0, 0.05) is 24.1 Å². The van der Waals surface area contributed by atoms with E-state index in [4.69, 9.17) is 21.1 Å². The van der Waals surface area contributed by atoms with Gasteiger partial charge in [-0.25, -0.2) is 4.79 Å². The van der Waals surface area contributed by atoms with Crippen LogP contribution in [0.3, 0.4) is 0 Å². The quantitative estimate of drug-likeness (QED) is 0.908. The van der Waals surface area contributed by atoms with Gasteiger partial charge in [0.2, 0.25) is 0 Å². The number of nitrogens with zero attached hydrogens (tertiary/aromatic N) is 1. The Kier molecular flexibility index (Phi) is 4.52. The van der Waals surface area contributed by atoms with Crippen LogP contribution in [-0.2, 0) is 4.74 Å². The number of phenolic OH excluding ortho intramolecular Hbond substituents is 1. The second kappa shape index (κ2) is 6.02. The lowest BCUT2D eigenvalue weighted by atomic mass is 10.2. The van der Waals surface area contributed by atoms with Gasteiger partial charge in [-0.2, -0.15) is 0 Å². The zero-order valence-electron chi connectivity index (χ0n) is 12.4. The minimum atomic E-state index is -0.509. The van der Waals surface area contributed by atoms with Gasteiger partial charge in [0.15, 0.2) is 11.5 Å². The number of halogens is 1.